The molecular formula is C44H54F3N7O5S. The van der Waals surface area contributed by atoms with Gasteiger partial charge < -0.3 is 24.3 Å². The summed E-state index contributed by atoms with van der Waals surface area (Å²) in [6.45, 7) is 8.28. The minimum absolute atomic E-state index is 0.0364. The van der Waals surface area contributed by atoms with Crippen molar-refractivity contribution in [2.24, 2.45) is 17.3 Å². The van der Waals surface area contributed by atoms with Crippen LogP contribution in [0, 0.1) is 17.3 Å². The number of hydrogen-bond acceptors (Lipinski definition) is 10. The number of carbonyl (C=O) groups is 3. The third-order valence-corrected chi connectivity index (χ3v) is 13.3. The van der Waals surface area contributed by atoms with Gasteiger partial charge >= 0.3 is 12.1 Å². The summed E-state index contributed by atoms with van der Waals surface area (Å²) in [6, 6.07) is 5.68. The van der Waals surface area contributed by atoms with Crippen LogP contribution in [0.2, 0.25) is 0 Å². The summed E-state index contributed by atoms with van der Waals surface area (Å²) >= 11 is 1.35. The first-order valence-corrected chi connectivity index (χ1v) is 21.8. The van der Waals surface area contributed by atoms with Gasteiger partial charge in [-0.05, 0) is 94.3 Å². The van der Waals surface area contributed by atoms with Crippen molar-refractivity contribution in [1.82, 2.24) is 35.2 Å². The molecule has 1 aromatic carbocycles. The second kappa shape index (κ2) is 16.5. The van der Waals surface area contributed by atoms with E-state index in [1.54, 1.807) is 19.2 Å². The standard InChI is InChI=1S/C44H54F3N7O5S/c1-24-15-28(24)40(55)50-34-18-37-48-35(21-60-37)26-11-12-36-29(16-26)31(19-43(3,4)23-59-42(57)33-10-8-14-54(51-33)41(34)56)39(53(36)22-44(45,46)47)30-17-27-20-52(5)13-7-9-32(27)49-38(30)25(2)58-6/h11-12,16-17,21,24-25,28,33-34,51H,7-10,13-15,18-20,22-23H2,1-6H3,(H,50,55)/t24-,25-,28-,33-,34-/m0/s1. The van der Waals surface area contributed by atoms with Crippen LogP contribution in [-0.4, -0.2) is 94.3 Å². The number of rotatable bonds is 6. The zero-order valence-electron chi connectivity index (χ0n) is 35.1. The summed E-state index contributed by atoms with van der Waals surface area (Å²) < 4.78 is 57.7. The van der Waals surface area contributed by atoms with E-state index in [2.05, 4.69) is 15.6 Å². The van der Waals surface area contributed by atoms with Crippen LogP contribution in [0.3, 0.4) is 0 Å². The number of amides is 2. The third-order valence-electron chi connectivity index (χ3n) is 12.4. The highest BCUT2D eigenvalue weighted by molar-refractivity contribution is 7.10. The van der Waals surface area contributed by atoms with Crippen molar-refractivity contribution >= 4 is 40.0 Å². The number of nitrogens with one attached hydrogen (secondary N) is 2. The molecule has 4 aliphatic rings. The zero-order valence-corrected chi connectivity index (χ0v) is 35.9. The van der Waals surface area contributed by atoms with Gasteiger partial charge in [-0.25, -0.2) is 10.4 Å². The molecule has 6 heterocycles. The lowest BCUT2D eigenvalue weighted by atomic mass is 9.84. The van der Waals surface area contributed by atoms with Crippen molar-refractivity contribution < 1.29 is 37.0 Å². The molecule has 5 atom stereocenters. The Morgan fingerprint density at radius 3 is 2.68 bits per heavy atom. The van der Waals surface area contributed by atoms with Crippen LogP contribution >= 0.6 is 11.3 Å². The highest BCUT2D eigenvalue weighted by Crippen LogP contribution is 2.44. The molecule has 2 fully saturated rings. The molecule has 0 spiro atoms. The number of pyridine rings is 1. The number of halogens is 3. The quantitative estimate of drug-likeness (QED) is 0.202. The number of ether oxygens (including phenoxy) is 2. The molecule has 3 aromatic heterocycles. The summed E-state index contributed by atoms with van der Waals surface area (Å²) in [6.07, 6.45) is -1.33. The van der Waals surface area contributed by atoms with Crippen molar-refractivity contribution in [3.63, 3.8) is 0 Å². The van der Waals surface area contributed by atoms with Crippen molar-refractivity contribution in [3.8, 4) is 22.5 Å². The number of aromatic nitrogens is 3. The van der Waals surface area contributed by atoms with Crippen molar-refractivity contribution in [3.05, 3.63) is 57.2 Å². The van der Waals surface area contributed by atoms with Gasteiger partial charge in [0.2, 0.25) is 5.91 Å². The van der Waals surface area contributed by atoms with Crippen molar-refractivity contribution in [2.45, 2.75) is 110 Å². The molecule has 4 aromatic rings. The van der Waals surface area contributed by atoms with Crippen LogP contribution in [0.1, 0.15) is 87.0 Å². The fraction of sp³-hybridized carbons (Fsp3) is 0.568. The Morgan fingerprint density at radius 1 is 1.17 bits per heavy atom. The van der Waals surface area contributed by atoms with Crippen molar-refractivity contribution in [1.29, 1.82) is 0 Å². The van der Waals surface area contributed by atoms with Gasteiger partial charge in [0.05, 0.1) is 34.8 Å². The first-order chi connectivity index (χ1) is 28.5. The van der Waals surface area contributed by atoms with Crippen LogP contribution < -0.4 is 10.7 Å². The lowest BCUT2D eigenvalue weighted by molar-refractivity contribution is -0.155. The summed E-state index contributed by atoms with van der Waals surface area (Å²) in [5.74, 6) is -1.01. The van der Waals surface area contributed by atoms with E-state index in [1.165, 1.54) is 20.9 Å². The van der Waals surface area contributed by atoms with Gasteiger partial charge in [0.1, 0.15) is 18.6 Å². The molecule has 16 heteroatoms. The second-order valence-corrected chi connectivity index (χ2v) is 18.9. The summed E-state index contributed by atoms with van der Waals surface area (Å²) in [7, 11) is 3.61. The van der Waals surface area contributed by atoms with Gasteiger partial charge in [-0.3, -0.25) is 24.4 Å². The Balaban J connectivity index is 1.31. The van der Waals surface area contributed by atoms with Crippen LogP contribution in [0.4, 0.5) is 13.2 Å². The lowest BCUT2D eigenvalue weighted by Crippen LogP contribution is -2.60. The molecule has 2 amide bonds. The molecule has 1 aliphatic carbocycles. The molecule has 2 N–H and O–H groups in total. The average Bonchev–Trinajstić information content (AvgIpc) is 3.72. The van der Waals surface area contributed by atoms with Gasteiger partial charge in [-0.1, -0.05) is 26.8 Å². The van der Waals surface area contributed by atoms with E-state index in [1.807, 2.05) is 52.3 Å². The Bertz CT molecular complexity index is 2310. The number of hydrogen-bond donors (Lipinski definition) is 2. The zero-order chi connectivity index (χ0) is 42.7. The molecule has 322 valence electrons. The lowest BCUT2D eigenvalue weighted by Gasteiger charge is -2.35. The number of fused-ring (bicyclic) bond motifs is 7. The Hall–Kier alpha value is -4.38. The van der Waals surface area contributed by atoms with E-state index >= 15 is 0 Å². The molecular weight excluding hydrogens is 796 g/mol. The number of methoxy groups -OCH3 is 1. The summed E-state index contributed by atoms with van der Waals surface area (Å²) in [4.78, 5) is 53.4. The first kappa shape index (κ1) is 42.3. The van der Waals surface area contributed by atoms with E-state index in [4.69, 9.17) is 19.4 Å². The van der Waals surface area contributed by atoms with Crippen LogP contribution in [0.25, 0.3) is 33.4 Å². The topological polar surface area (TPSA) is 131 Å². The minimum atomic E-state index is -4.56. The molecule has 1 saturated carbocycles. The highest BCUT2D eigenvalue weighted by atomic mass is 32.1. The van der Waals surface area contributed by atoms with Crippen LogP contribution in [0.15, 0.2) is 29.6 Å². The monoisotopic (exact) mass is 849 g/mol. The number of nitrogens with zero attached hydrogens (tertiary/aromatic N) is 5. The number of cyclic esters (lactones) is 1. The number of benzene rings is 1. The first-order valence-electron chi connectivity index (χ1n) is 20.9. The molecule has 3 aliphatic heterocycles. The fourth-order valence-electron chi connectivity index (χ4n) is 8.95. The number of esters is 1. The van der Waals surface area contributed by atoms with E-state index in [0.29, 0.717) is 75.6 Å². The molecule has 1 saturated heterocycles. The molecule has 0 radical (unpaired) electrons. The maximum Gasteiger partial charge on any atom is 0.406 e. The minimum Gasteiger partial charge on any atom is -0.464 e. The van der Waals surface area contributed by atoms with Gasteiger partial charge in [-0.15, -0.1) is 11.3 Å². The molecule has 0 unspecified atom stereocenters. The Kier molecular flexibility index (Phi) is 11.6. The predicted molar refractivity (Wildman–Crippen MR) is 222 cm³/mol. The third kappa shape index (κ3) is 8.84. The SMILES string of the molecule is CO[C@@H](C)c1nc2c(cc1-c1c3c4cc(ccc4n1CC(F)(F)F)-c1csc(n1)C[C@H](NC(=O)[C@H]1C[C@@H]1C)C(=O)N1CCC[C@H](N1)C(=O)OCC(C)(C)C3)CN(C)CCC2. The molecule has 8 rings (SSSR count). The van der Waals surface area contributed by atoms with Crippen LogP contribution in [0.5, 0.6) is 0 Å². The normalized spacial score (nSPS) is 24.3. The average molecular weight is 850 g/mol. The van der Waals surface area contributed by atoms with Gasteiger partial charge in [0.15, 0.2) is 0 Å². The maximum absolute atomic E-state index is 14.8. The Labute approximate surface area is 352 Å². The van der Waals surface area contributed by atoms with Gasteiger partial charge in [0.25, 0.3) is 5.91 Å². The van der Waals surface area contributed by atoms with Crippen molar-refractivity contribution in [2.75, 3.05) is 33.9 Å². The largest absolute Gasteiger partial charge is 0.464 e. The predicted octanol–water partition coefficient (Wildman–Crippen LogP) is 6.78. The smallest absolute Gasteiger partial charge is 0.406 e. The molecule has 6 bridgehead atoms. The number of thiazole rings is 1. The summed E-state index contributed by atoms with van der Waals surface area (Å²) in [5.41, 5.74) is 8.12. The van der Waals surface area contributed by atoms with E-state index in [-0.39, 0.29) is 43.1 Å². The van der Waals surface area contributed by atoms with Crippen LogP contribution in [-0.2, 0) is 56.2 Å². The number of hydrazine groups is 1. The number of alkyl halides is 3. The molecule has 12 nitrogen and oxygen atoms in total. The maximum atomic E-state index is 14.8. The second-order valence-electron chi connectivity index (χ2n) is 18.0. The Morgan fingerprint density at radius 2 is 1.95 bits per heavy atom. The van der Waals surface area contributed by atoms with E-state index in [9.17, 15) is 27.6 Å². The fourth-order valence-corrected chi connectivity index (χ4v) is 9.80. The number of aryl methyl sites for hydroxylation is 1. The van der Waals surface area contributed by atoms with E-state index < -0.39 is 42.3 Å². The number of carbonyl (C=O) groups excluding carboxylic acids is 3. The van der Waals surface area contributed by atoms with Gasteiger partial charge in [-0.2, -0.15) is 13.2 Å². The summed E-state index contributed by atoms with van der Waals surface area (Å²) in [5, 5.41) is 7.50. The van der Waals surface area contributed by atoms with Gasteiger partial charge in [0, 0.05) is 71.1 Å². The molecule has 60 heavy (non-hydrogen) atoms. The van der Waals surface area contributed by atoms with E-state index in [0.717, 1.165) is 37.1 Å². The highest BCUT2D eigenvalue weighted by Gasteiger charge is 2.42.